The van der Waals surface area contributed by atoms with Gasteiger partial charge in [-0.05, 0) is 93.3 Å². The van der Waals surface area contributed by atoms with Gasteiger partial charge in [0.15, 0.2) is 0 Å². The summed E-state index contributed by atoms with van der Waals surface area (Å²) in [6.07, 6.45) is 8.63. The molecule has 7 rings (SSSR count). The van der Waals surface area contributed by atoms with Crippen LogP contribution in [0.25, 0.3) is 34.4 Å². The van der Waals surface area contributed by atoms with E-state index in [-0.39, 0.29) is 0 Å². The van der Waals surface area contributed by atoms with Gasteiger partial charge in [-0.2, -0.15) is 0 Å². The molecule has 0 N–H and O–H groups in total. The number of hydrogen-bond donors (Lipinski definition) is 0. The van der Waals surface area contributed by atoms with Crippen molar-refractivity contribution in [2.75, 3.05) is 0 Å². The Labute approximate surface area is 241 Å². The first kappa shape index (κ1) is 25.5. The monoisotopic (exact) mass is 536 g/mol. The molecule has 200 valence electrons. The van der Waals surface area contributed by atoms with Gasteiger partial charge in [-0.1, -0.05) is 135 Å². The number of benzene rings is 4. The highest BCUT2D eigenvalue weighted by atomic mass is 28.3. The van der Waals surface area contributed by atoms with Crippen LogP contribution in [0.1, 0.15) is 71.7 Å². The van der Waals surface area contributed by atoms with Crippen molar-refractivity contribution in [3.05, 3.63) is 129 Å². The third-order valence-electron chi connectivity index (χ3n) is 10.1. The van der Waals surface area contributed by atoms with Crippen LogP contribution in [0.4, 0.5) is 0 Å². The van der Waals surface area contributed by atoms with E-state index >= 15 is 0 Å². The minimum Gasteiger partial charge on any atom is -0.0683 e. The molecule has 1 heteroatoms. The van der Waals surface area contributed by atoms with E-state index in [1.54, 1.807) is 33.4 Å². The van der Waals surface area contributed by atoms with Crippen molar-refractivity contribution in [1.82, 2.24) is 0 Å². The van der Waals surface area contributed by atoms with Crippen molar-refractivity contribution in [3.63, 3.8) is 0 Å². The van der Waals surface area contributed by atoms with E-state index in [1.165, 1.54) is 46.2 Å². The summed E-state index contributed by atoms with van der Waals surface area (Å²) in [6.45, 7) is 12.5. The van der Waals surface area contributed by atoms with Crippen LogP contribution in [0.5, 0.6) is 0 Å². The molecule has 0 spiro atoms. The molecule has 0 saturated heterocycles. The molecule has 4 aromatic carbocycles. The molecule has 0 aromatic heterocycles. The highest BCUT2D eigenvalue weighted by molar-refractivity contribution is 6.81. The van der Waals surface area contributed by atoms with Crippen molar-refractivity contribution in [3.8, 4) is 22.3 Å². The van der Waals surface area contributed by atoms with Crippen LogP contribution in [0.2, 0.25) is 13.1 Å². The van der Waals surface area contributed by atoms with Crippen molar-refractivity contribution < 1.29 is 0 Å². The van der Waals surface area contributed by atoms with Gasteiger partial charge >= 0.3 is 0 Å². The smallest absolute Gasteiger partial charge is 0.0675 e. The molecule has 2 atom stereocenters. The topological polar surface area (TPSA) is 0 Å². The Morgan fingerprint density at radius 3 is 2.15 bits per heavy atom. The first-order valence-electron chi connectivity index (χ1n) is 15.2. The van der Waals surface area contributed by atoms with E-state index < -0.39 is 8.07 Å². The lowest BCUT2D eigenvalue weighted by Crippen LogP contribution is -2.42. The average Bonchev–Trinajstić information content (AvgIpc) is 3.67. The largest absolute Gasteiger partial charge is 0.0683 e. The quantitative estimate of drug-likeness (QED) is 0.223. The number of hydrogen-bond acceptors (Lipinski definition) is 0. The molecule has 3 aliphatic rings. The summed E-state index contributed by atoms with van der Waals surface area (Å²) in [5.74, 6) is 0.541. The highest BCUT2D eigenvalue weighted by Gasteiger charge is 2.48. The Balaban J connectivity index is 1.38. The molecular formula is C39H40Si. The second-order valence-electron chi connectivity index (χ2n) is 13.2. The molecule has 2 unspecified atom stereocenters. The van der Waals surface area contributed by atoms with Crippen LogP contribution in [-0.2, 0) is 12.8 Å². The Kier molecular flexibility index (Phi) is 6.13. The Hall–Kier alpha value is -3.42. The van der Waals surface area contributed by atoms with E-state index in [4.69, 9.17) is 0 Å². The van der Waals surface area contributed by atoms with Gasteiger partial charge in [0.2, 0.25) is 0 Å². The first-order valence-corrected chi connectivity index (χ1v) is 18.3. The number of allylic oxidation sites excluding steroid dienone is 2. The van der Waals surface area contributed by atoms with Crippen molar-refractivity contribution in [1.29, 1.82) is 0 Å². The van der Waals surface area contributed by atoms with Crippen molar-refractivity contribution >= 4 is 20.2 Å². The van der Waals surface area contributed by atoms with Crippen LogP contribution < -0.4 is 0 Å². The molecule has 0 heterocycles. The summed E-state index contributed by atoms with van der Waals surface area (Å²) in [6, 6.07) is 31.9. The zero-order chi connectivity index (χ0) is 27.6. The first-order chi connectivity index (χ1) is 19.3. The van der Waals surface area contributed by atoms with Gasteiger partial charge in [-0.15, -0.1) is 0 Å². The van der Waals surface area contributed by atoms with E-state index in [2.05, 4.69) is 131 Å². The zero-order valence-electron chi connectivity index (χ0n) is 24.6. The van der Waals surface area contributed by atoms with Crippen molar-refractivity contribution in [2.45, 2.75) is 64.2 Å². The third kappa shape index (κ3) is 3.93. The second-order valence-corrected chi connectivity index (χ2v) is 18.2. The van der Waals surface area contributed by atoms with Gasteiger partial charge in [-0.25, -0.2) is 0 Å². The van der Waals surface area contributed by atoms with E-state index in [1.807, 2.05) is 0 Å². The number of rotatable bonds is 5. The third-order valence-corrected chi connectivity index (χ3v) is 14.6. The van der Waals surface area contributed by atoms with Crippen LogP contribution in [0, 0.1) is 5.92 Å². The minimum absolute atomic E-state index is 0.541. The van der Waals surface area contributed by atoms with Crippen molar-refractivity contribution in [2.24, 2.45) is 5.92 Å². The molecule has 3 aliphatic carbocycles. The molecule has 40 heavy (non-hydrogen) atoms. The van der Waals surface area contributed by atoms with Crippen LogP contribution >= 0.6 is 0 Å². The van der Waals surface area contributed by atoms with Gasteiger partial charge < -0.3 is 0 Å². The summed E-state index contributed by atoms with van der Waals surface area (Å²) in [5.41, 5.74) is 19.4. The summed E-state index contributed by atoms with van der Waals surface area (Å²) < 4.78 is 0. The SMILES string of the molecule is CC1=Cc2cc3c(c(-c4ccccc4)c2C1)CCC3[Si](C)(C)C1C(C(C)C)=Cc2c(-c3ccccc3)cccc21. The zero-order valence-corrected chi connectivity index (χ0v) is 25.6. The molecule has 0 amide bonds. The lowest BCUT2D eigenvalue weighted by molar-refractivity contribution is 0.721. The summed E-state index contributed by atoms with van der Waals surface area (Å²) >= 11 is 0. The standard InChI is InChI=1S/C39H40Si/c1-25(2)33-24-35-30(27-13-8-6-9-14-27)17-12-18-32(35)39(33)40(4,5)37-20-19-31-36(37)23-29-21-26(3)22-34(29)38(31)28-15-10-7-11-16-28/h6-18,21,23-25,37,39H,19-20,22H2,1-5H3. The van der Waals surface area contributed by atoms with E-state index in [0.717, 1.165) is 6.42 Å². The number of fused-ring (bicyclic) bond motifs is 3. The molecule has 0 aliphatic heterocycles. The lowest BCUT2D eigenvalue weighted by Gasteiger charge is -2.40. The highest BCUT2D eigenvalue weighted by Crippen LogP contribution is 2.55. The van der Waals surface area contributed by atoms with Gasteiger partial charge in [0, 0.05) is 5.54 Å². The second kappa shape index (κ2) is 9.60. The van der Waals surface area contributed by atoms with Crippen LogP contribution in [-0.4, -0.2) is 8.07 Å². The lowest BCUT2D eigenvalue weighted by atomic mass is 9.89. The maximum Gasteiger partial charge on any atom is 0.0675 e. The minimum atomic E-state index is -1.85. The fourth-order valence-electron chi connectivity index (χ4n) is 8.30. The molecule has 0 bridgehead atoms. The van der Waals surface area contributed by atoms with E-state index in [9.17, 15) is 0 Å². The average molecular weight is 537 g/mol. The molecular weight excluding hydrogens is 497 g/mol. The van der Waals surface area contributed by atoms with Crippen LogP contribution in [0.3, 0.4) is 0 Å². The molecule has 0 saturated carbocycles. The predicted octanol–water partition coefficient (Wildman–Crippen LogP) is 10.6. The Bertz CT molecular complexity index is 1670. The maximum absolute atomic E-state index is 2.70. The Morgan fingerprint density at radius 1 is 0.750 bits per heavy atom. The molecule has 0 fully saturated rings. The Morgan fingerprint density at radius 2 is 1.45 bits per heavy atom. The van der Waals surface area contributed by atoms with Gasteiger partial charge in [-0.3, -0.25) is 0 Å². The van der Waals surface area contributed by atoms with Gasteiger partial charge in [0.25, 0.3) is 0 Å². The van der Waals surface area contributed by atoms with Crippen LogP contribution in [0.15, 0.2) is 96.1 Å². The van der Waals surface area contributed by atoms with E-state index in [0.29, 0.717) is 17.0 Å². The summed E-state index contributed by atoms with van der Waals surface area (Å²) in [4.78, 5) is 0. The molecule has 4 aromatic rings. The van der Waals surface area contributed by atoms with Gasteiger partial charge in [0.05, 0.1) is 8.07 Å². The summed E-state index contributed by atoms with van der Waals surface area (Å²) in [5, 5.41) is 0. The fourth-order valence-corrected chi connectivity index (χ4v) is 13.0. The predicted molar refractivity (Wildman–Crippen MR) is 175 cm³/mol. The molecule has 0 nitrogen and oxygen atoms in total. The van der Waals surface area contributed by atoms with Gasteiger partial charge in [0.1, 0.15) is 0 Å². The summed E-state index contributed by atoms with van der Waals surface area (Å²) in [7, 11) is -1.85. The molecule has 0 radical (unpaired) electrons. The maximum atomic E-state index is 2.70. The normalized spacial score (nSPS) is 19.4. The fraction of sp³-hybridized carbons (Fsp3) is 0.282.